The van der Waals surface area contributed by atoms with Crippen molar-refractivity contribution in [1.29, 1.82) is 0 Å². The van der Waals surface area contributed by atoms with Crippen LogP contribution >= 0.6 is 22.6 Å². The fourth-order valence-corrected chi connectivity index (χ4v) is 2.07. The van der Waals surface area contributed by atoms with Crippen LogP contribution in [0.2, 0.25) is 0 Å². The number of rotatable bonds is 5. The van der Waals surface area contributed by atoms with Crippen LogP contribution in [0.25, 0.3) is 6.08 Å². The Balaban J connectivity index is 3.12. The second-order valence-electron chi connectivity index (χ2n) is 3.14. The van der Waals surface area contributed by atoms with Gasteiger partial charge in [-0.15, -0.1) is 0 Å². The van der Waals surface area contributed by atoms with Crippen LogP contribution in [0.5, 0.6) is 11.5 Å². The molecule has 0 aliphatic rings. The van der Waals surface area contributed by atoms with E-state index in [1.54, 1.807) is 13.2 Å². The molecule has 92 valence electrons. The maximum absolute atomic E-state index is 10.4. The molecule has 0 aliphatic heterocycles. The van der Waals surface area contributed by atoms with E-state index in [0.717, 1.165) is 15.2 Å². The van der Waals surface area contributed by atoms with Crippen molar-refractivity contribution < 1.29 is 19.4 Å². The first kappa shape index (κ1) is 13.8. The highest BCUT2D eigenvalue weighted by Crippen LogP contribution is 2.34. The highest BCUT2D eigenvalue weighted by Gasteiger charge is 2.10. The summed E-state index contributed by atoms with van der Waals surface area (Å²) in [4.78, 5) is 10.4. The van der Waals surface area contributed by atoms with Crippen LogP contribution in [-0.2, 0) is 4.79 Å². The Morgan fingerprint density at radius 2 is 2.24 bits per heavy atom. The number of carbonyl (C=O) groups is 1. The van der Waals surface area contributed by atoms with Gasteiger partial charge in [0.05, 0.1) is 17.3 Å². The summed E-state index contributed by atoms with van der Waals surface area (Å²) in [6.45, 7) is 2.45. The Bertz CT molecular complexity index is 440. The summed E-state index contributed by atoms with van der Waals surface area (Å²) < 4.78 is 11.6. The zero-order chi connectivity index (χ0) is 12.8. The van der Waals surface area contributed by atoms with Gasteiger partial charge in [-0.1, -0.05) is 0 Å². The molecule has 0 amide bonds. The number of aliphatic carboxylic acids is 1. The van der Waals surface area contributed by atoms with Crippen molar-refractivity contribution in [2.45, 2.75) is 6.92 Å². The molecule has 0 unspecified atom stereocenters. The summed E-state index contributed by atoms with van der Waals surface area (Å²) >= 11 is 2.13. The minimum absolute atomic E-state index is 0.552. The molecule has 4 nitrogen and oxygen atoms in total. The summed E-state index contributed by atoms with van der Waals surface area (Å²) in [5.41, 5.74) is 0.761. The Labute approximate surface area is 113 Å². The van der Waals surface area contributed by atoms with Crippen LogP contribution in [0.15, 0.2) is 18.2 Å². The smallest absolute Gasteiger partial charge is 0.328 e. The lowest BCUT2D eigenvalue weighted by Gasteiger charge is -2.12. The second kappa shape index (κ2) is 6.48. The van der Waals surface area contributed by atoms with Crippen molar-refractivity contribution in [2.75, 3.05) is 13.7 Å². The minimum atomic E-state index is -0.979. The van der Waals surface area contributed by atoms with Crippen LogP contribution in [0.4, 0.5) is 0 Å². The Kier molecular flexibility index (Phi) is 5.27. The maximum Gasteiger partial charge on any atom is 0.328 e. The molecular formula is C12H13IO4. The second-order valence-corrected chi connectivity index (χ2v) is 4.30. The van der Waals surface area contributed by atoms with E-state index >= 15 is 0 Å². The van der Waals surface area contributed by atoms with Gasteiger partial charge in [-0.2, -0.15) is 0 Å². The summed E-state index contributed by atoms with van der Waals surface area (Å²) in [5, 5.41) is 8.56. The molecule has 1 rings (SSSR count). The monoisotopic (exact) mass is 348 g/mol. The van der Waals surface area contributed by atoms with Crippen LogP contribution in [0.3, 0.4) is 0 Å². The molecule has 17 heavy (non-hydrogen) atoms. The average molecular weight is 348 g/mol. The number of halogens is 1. The Hall–Kier alpha value is -1.24. The van der Waals surface area contributed by atoms with E-state index in [-0.39, 0.29) is 0 Å². The Morgan fingerprint density at radius 1 is 1.53 bits per heavy atom. The molecule has 0 aromatic heterocycles. The predicted molar refractivity (Wildman–Crippen MR) is 73.5 cm³/mol. The van der Waals surface area contributed by atoms with Gasteiger partial charge < -0.3 is 14.6 Å². The zero-order valence-corrected chi connectivity index (χ0v) is 11.7. The van der Waals surface area contributed by atoms with Crippen LogP contribution in [0, 0.1) is 3.57 Å². The quantitative estimate of drug-likeness (QED) is 0.657. The number of carboxylic acids is 1. The van der Waals surface area contributed by atoms with Crippen molar-refractivity contribution in [2.24, 2.45) is 0 Å². The fraction of sp³-hybridized carbons (Fsp3) is 0.250. The average Bonchev–Trinajstić information content (AvgIpc) is 2.29. The van der Waals surface area contributed by atoms with Crippen LogP contribution in [0.1, 0.15) is 12.5 Å². The largest absolute Gasteiger partial charge is 0.493 e. The standard InChI is InChI=1S/C12H13IO4/c1-3-17-12-9(13)6-8(4-5-11(14)15)7-10(12)16-2/h4-7H,3H2,1-2H3,(H,14,15)/b5-4+. The van der Waals surface area contributed by atoms with Gasteiger partial charge in [0, 0.05) is 6.08 Å². The molecule has 1 aromatic carbocycles. The van der Waals surface area contributed by atoms with E-state index in [4.69, 9.17) is 14.6 Å². The molecule has 0 atom stereocenters. The van der Waals surface area contributed by atoms with Crippen LogP contribution < -0.4 is 9.47 Å². The summed E-state index contributed by atoms with van der Waals surface area (Å²) in [7, 11) is 1.55. The van der Waals surface area contributed by atoms with Gasteiger partial charge >= 0.3 is 5.97 Å². The highest BCUT2D eigenvalue weighted by atomic mass is 127. The number of ether oxygens (including phenoxy) is 2. The van der Waals surface area contributed by atoms with E-state index in [1.165, 1.54) is 6.08 Å². The number of carboxylic acid groups (broad SMARTS) is 1. The van der Waals surface area contributed by atoms with Gasteiger partial charge in [0.1, 0.15) is 0 Å². The molecule has 0 saturated heterocycles. The third-order valence-electron chi connectivity index (χ3n) is 1.96. The van der Waals surface area contributed by atoms with E-state index in [0.29, 0.717) is 18.1 Å². The molecule has 5 heteroatoms. The predicted octanol–water partition coefficient (Wildman–Crippen LogP) is 2.80. The summed E-state index contributed by atoms with van der Waals surface area (Å²) in [6.07, 6.45) is 2.61. The van der Waals surface area contributed by atoms with Crippen molar-refractivity contribution in [1.82, 2.24) is 0 Å². The van der Waals surface area contributed by atoms with E-state index in [1.807, 2.05) is 13.0 Å². The van der Waals surface area contributed by atoms with Gasteiger partial charge in [0.15, 0.2) is 11.5 Å². The third kappa shape index (κ3) is 3.92. The molecule has 0 saturated carbocycles. The van der Waals surface area contributed by atoms with Crippen molar-refractivity contribution in [3.8, 4) is 11.5 Å². The summed E-state index contributed by atoms with van der Waals surface area (Å²) in [6, 6.07) is 3.58. The molecule has 0 radical (unpaired) electrons. The lowest BCUT2D eigenvalue weighted by Crippen LogP contribution is -1.98. The number of benzene rings is 1. The van der Waals surface area contributed by atoms with Crippen molar-refractivity contribution in [3.63, 3.8) is 0 Å². The normalized spacial score (nSPS) is 10.5. The molecule has 0 aliphatic carbocycles. The fourth-order valence-electron chi connectivity index (χ4n) is 1.29. The van der Waals surface area contributed by atoms with Crippen LogP contribution in [-0.4, -0.2) is 24.8 Å². The van der Waals surface area contributed by atoms with Gasteiger partial charge in [0.25, 0.3) is 0 Å². The van der Waals surface area contributed by atoms with Gasteiger partial charge in [-0.05, 0) is 53.3 Å². The lowest BCUT2D eigenvalue weighted by atomic mass is 10.2. The molecular weight excluding hydrogens is 335 g/mol. The minimum Gasteiger partial charge on any atom is -0.493 e. The number of hydrogen-bond acceptors (Lipinski definition) is 3. The van der Waals surface area contributed by atoms with E-state index in [2.05, 4.69) is 22.6 Å². The highest BCUT2D eigenvalue weighted by molar-refractivity contribution is 14.1. The van der Waals surface area contributed by atoms with E-state index < -0.39 is 5.97 Å². The first-order chi connectivity index (χ1) is 8.08. The molecule has 0 fully saturated rings. The first-order valence-electron chi connectivity index (χ1n) is 4.99. The van der Waals surface area contributed by atoms with Crippen molar-refractivity contribution in [3.05, 3.63) is 27.3 Å². The molecule has 0 bridgehead atoms. The third-order valence-corrected chi connectivity index (χ3v) is 2.76. The zero-order valence-electron chi connectivity index (χ0n) is 9.57. The van der Waals surface area contributed by atoms with Gasteiger partial charge in [0.2, 0.25) is 0 Å². The Morgan fingerprint density at radius 3 is 2.76 bits per heavy atom. The SMILES string of the molecule is CCOc1c(I)cc(/C=C/C(=O)O)cc1OC. The topological polar surface area (TPSA) is 55.8 Å². The molecule has 0 heterocycles. The molecule has 0 spiro atoms. The molecule has 1 N–H and O–H groups in total. The number of methoxy groups -OCH3 is 1. The van der Waals surface area contributed by atoms with Gasteiger partial charge in [-0.3, -0.25) is 0 Å². The van der Waals surface area contributed by atoms with E-state index in [9.17, 15) is 4.79 Å². The maximum atomic E-state index is 10.4. The lowest BCUT2D eigenvalue weighted by molar-refractivity contribution is -0.131. The summed E-state index contributed by atoms with van der Waals surface area (Å²) in [5.74, 6) is 0.305. The number of hydrogen-bond donors (Lipinski definition) is 1. The van der Waals surface area contributed by atoms with Crippen molar-refractivity contribution >= 4 is 34.6 Å². The first-order valence-corrected chi connectivity index (χ1v) is 6.07. The van der Waals surface area contributed by atoms with Gasteiger partial charge in [-0.25, -0.2) is 4.79 Å². The molecule has 1 aromatic rings.